The zero-order valence-corrected chi connectivity index (χ0v) is 13.4. The molecule has 0 bridgehead atoms. The van der Waals surface area contributed by atoms with Gasteiger partial charge in [0.15, 0.2) is 0 Å². The Morgan fingerprint density at radius 2 is 2.04 bits per heavy atom. The highest BCUT2D eigenvalue weighted by atomic mass is 16.5. The molecule has 5 heteroatoms. The molecule has 0 saturated heterocycles. The summed E-state index contributed by atoms with van der Waals surface area (Å²) >= 11 is 0. The van der Waals surface area contributed by atoms with Crippen molar-refractivity contribution in [2.45, 2.75) is 52.1 Å². The first-order valence-corrected chi connectivity index (χ1v) is 8.17. The minimum Gasteiger partial charge on any atom is -0.392 e. The molecule has 1 aliphatic rings. The lowest BCUT2D eigenvalue weighted by atomic mass is 9.72. The van der Waals surface area contributed by atoms with Crippen LogP contribution in [0.15, 0.2) is 28.8 Å². The number of aliphatic hydroxyl groups excluding tert-OH is 1. The van der Waals surface area contributed by atoms with Gasteiger partial charge in [0.25, 0.3) is 0 Å². The smallest absolute Gasteiger partial charge is 0.226 e. The fraction of sp³-hybridized carbons (Fsp3) is 0.500. The van der Waals surface area contributed by atoms with Crippen LogP contribution in [0.3, 0.4) is 0 Å². The Morgan fingerprint density at radius 3 is 2.74 bits per heavy atom. The number of benzene rings is 1. The van der Waals surface area contributed by atoms with Gasteiger partial charge in [-0.05, 0) is 24.8 Å². The summed E-state index contributed by atoms with van der Waals surface area (Å²) in [7, 11) is 0. The van der Waals surface area contributed by atoms with Crippen molar-refractivity contribution in [2.24, 2.45) is 5.41 Å². The van der Waals surface area contributed by atoms with Crippen LogP contribution in [0, 0.1) is 5.41 Å². The van der Waals surface area contributed by atoms with E-state index in [1.165, 1.54) is 0 Å². The van der Waals surface area contributed by atoms with Crippen molar-refractivity contribution in [1.82, 2.24) is 10.1 Å². The molecule has 0 unspecified atom stereocenters. The fourth-order valence-corrected chi connectivity index (χ4v) is 3.12. The number of Topliss-reactive ketones (excluding diaryl/α,β-unsaturated/α-hetero) is 1. The molecule has 0 spiro atoms. The lowest BCUT2D eigenvalue weighted by Crippen LogP contribution is -2.31. The summed E-state index contributed by atoms with van der Waals surface area (Å²) in [4.78, 5) is 16.6. The van der Waals surface area contributed by atoms with Gasteiger partial charge < -0.3 is 9.63 Å². The summed E-state index contributed by atoms with van der Waals surface area (Å²) in [6, 6.07) is 7.42. The van der Waals surface area contributed by atoms with Crippen LogP contribution in [0.4, 0.5) is 0 Å². The molecule has 1 aliphatic carbocycles. The number of carbonyl (C=O) groups excluding carboxylic acids is 1. The molecule has 1 atom stereocenters. The van der Waals surface area contributed by atoms with Gasteiger partial charge in [-0.1, -0.05) is 42.8 Å². The Labute approximate surface area is 135 Å². The second-order valence-corrected chi connectivity index (χ2v) is 6.56. The molecule has 1 heterocycles. The molecule has 0 radical (unpaired) electrons. The van der Waals surface area contributed by atoms with E-state index in [0.717, 1.165) is 36.8 Å². The maximum Gasteiger partial charge on any atom is 0.226 e. The van der Waals surface area contributed by atoms with Crippen molar-refractivity contribution >= 4 is 5.78 Å². The summed E-state index contributed by atoms with van der Waals surface area (Å²) < 4.78 is 5.33. The van der Waals surface area contributed by atoms with Gasteiger partial charge in [0, 0.05) is 23.8 Å². The van der Waals surface area contributed by atoms with Crippen molar-refractivity contribution in [1.29, 1.82) is 0 Å². The summed E-state index contributed by atoms with van der Waals surface area (Å²) in [5, 5.41) is 13.1. The Hall–Kier alpha value is -2.01. The number of hydrogen-bond donors (Lipinski definition) is 1. The first-order valence-electron chi connectivity index (χ1n) is 8.17. The molecule has 1 fully saturated rings. The van der Waals surface area contributed by atoms with Crippen LogP contribution in [0.25, 0.3) is 11.4 Å². The van der Waals surface area contributed by atoms with Crippen molar-refractivity contribution in [3.63, 3.8) is 0 Å². The van der Waals surface area contributed by atoms with Crippen LogP contribution in [0.2, 0.25) is 0 Å². The van der Waals surface area contributed by atoms with Crippen LogP contribution < -0.4 is 0 Å². The third kappa shape index (κ3) is 3.50. The van der Waals surface area contributed by atoms with Gasteiger partial charge in [0.05, 0.1) is 6.61 Å². The third-order valence-corrected chi connectivity index (χ3v) is 4.81. The minimum absolute atomic E-state index is 0.0182. The maximum absolute atomic E-state index is 12.1. The number of aliphatic hydroxyl groups is 1. The average Bonchev–Trinajstić information content (AvgIpc) is 3.05. The highest BCUT2D eigenvalue weighted by molar-refractivity contribution is 5.85. The number of carbonyl (C=O) groups is 1. The summed E-state index contributed by atoms with van der Waals surface area (Å²) in [6.07, 6.45) is 5.18. The number of aryl methyl sites for hydroxylation is 1. The lowest BCUT2D eigenvalue weighted by molar-refractivity contribution is -0.130. The molecule has 1 aromatic carbocycles. The Bertz CT molecular complexity index is 678. The topological polar surface area (TPSA) is 76.2 Å². The molecule has 1 aromatic heterocycles. The van der Waals surface area contributed by atoms with Crippen LogP contribution in [0.1, 0.15) is 50.5 Å². The van der Waals surface area contributed by atoms with Crippen molar-refractivity contribution in [2.75, 3.05) is 0 Å². The lowest BCUT2D eigenvalue weighted by Gasteiger charge is -2.31. The van der Waals surface area contributed by atoms with E-state index in [1.54, 1.807) is 0 Å². The molecular formula is C18H22N2O3. The highest BCUT2D eigenvalue weighted by Gasteiger charge is 2.34. The molecule has 3 rings (SSSR count). The second-order valence-electron chi connectivity index (χ2n) is 6.56. The van der Waals surface area contributed by atoms with E-state index in [-0.39, 0.29) is 12.0 Å². The zero-order valence-electron chi connectivity index (χ0n) is 13.4. The second kappa shape index (κ2) is 6.62. The molecule has 5 nitrogen and oxygen atoms in total. The Kier molecular flexibility index (Phi) is 4.57. The van der Waals surface area contributed by atoms with Crippen LogP contribution in [0.5, 0.6) is 0 Å². The first kappa shape index (κ1) is 15.9. The standard InChI is InChI=1S/C18H22N2O3/c1-18(10-3-2-4-15(18)22)11-9-16-19-17(20-23-16)14-7-5-13(12-21)6-8-14/h5-8,21H,2-4,9-12H2,1H3/t18-/m0/s1. The molecule has 0 amide bonds. The van der Waals surface area contributed by atoms with Crippen molar-refractivity contribution in [3.8, 4) is 11.4 Å². The van der Waals surface area contributed by atoms with Gasteiger partial charge in [-0.3, -0.25) is 4.79 Å². The van der Waals surface area contributed by atoms with E-state index in [9.17, 15) is 4.79 Å². The van der Waals surface area contributed by atoms with E-state index in [1.807, 2.05) is 24.3 Å². The van der Waals surface area contributed by atoms with Crippen LogP contribution >= 0.6 is 0 Å². The molecule has 23 heavy (non-hydrogen) atoms. The monoisotopic (exact) mass is 314 g/mol. The van der Waals surface area contributed by atoms with Gasteiger partial charge in [-0.2, -0.15) is 4.98 Å². The first-order chi connectivity index (χ1) is 11.1. The van der Waals surface area contributed by atoms with E-state index in [0.29, 0.717) is 30.3 Å². The summed E-state index contributed by atoms with van der Waals surface area (Å²) in [5.74, 6) is 1.48. The van der Waals surface area contributed by atoms with Crippen LogP contribution in [-0.2, 0) is 17.8 Å². The SMILES string of the molecule is C[C@@]1(CCc2nc(-c3ccc(CO)cc3)no2)CCCCC1=O. The van der Waals surface area contributed by atoms with Gasteiger partial charge in [-0.25, -0.2) is 0 Å². The number of rotatable bonds is 5. The predicted molar refractivity (Wildman–Crippen MR) is 85.6 cm³/mol. The number of nitrogens with zero attached hydrogens (tertiary/aromatic N) is 2. The van der Waals surface area contributed by atoms with Gasteiger partial charge in [0.2, 0.25) is 11.7 Å². The Balaban J connectivity index is 1.66. The van der Waals surface area contributed by atoms with Crippen molar-refractivity contribution in [3.05, 3.63) is 35.7 Å². The molecular weight excluding hydrogens is 292 g/mol. The predicted octanol–water partition coefficient (Wildman–Crippen LogP) is 3.31. The largest absolute Gasteiger partial charge is 0.392 e. The minimum atomic E-state index is -0.240. The Morgan fingerprint density at radius 1 is 1.26 bits per heavy atom. The maximum atomic E-state index is 12.1. The van der Waals surface area contributed by atoms with Gasteiger partial charge in [0.1, 0.15) is 5.78 Å². The molecule has 2 aromatic rings. The summed E-state index contributed by atoms with van der Waals surface area (Å²) in [6.45, 7) is 2.07. The average molecular weight is 314 g/mol. The van der Waals surface area contributed by atoms with Gasteiger partial charge >= 0.3 is 0 Å². The molecule has 1 saturated carbocycles. The van der Waals surface area contributed by atoms with Crippen molar-refractivity contribution < 1.29 is 14.4 Å². The zero-order chi connectivity index (χ0) is 16.3. The van der Waals surface area contributed by atoms with Gasteiger partial charge in [-0.15, -0.1) is 0 Å². The number of ketones is 1. The van der Waals surface area contributed by atoms with E-state index < -0.39 is 0 Å². The van der Waals surface area contributed by atoms with E-state index >= 15 is 0 Å². The summed E-state index contributed by atoms with van der Waals surface area (Å²) in [5.41, 5.74) is 1.47. The molecule has 0 aliphatic heterocycles. The fourth-order valence-electron chi connectivity index (χ4n) is 3.12. The normalized spacial score (nSPS) is 21.6. The highest BCUT2D eigenvalue weighted by Crippen LogP contribution is 2.36. The number of hydrogen-bond acceptors (Lipinski definition) is 5. The molecule has 1 N–H and O–H groups in total. The van der Waals surface area contributed by atoms with E-state index in [2.05, 4.69) is 17.1 Å². The third-order valence-electron chi connectivity index (χ3n) is 4.81. The van der Waals surface area contributed by atoms with Crippen LogP contribution in [-0.4, -0.2) is 21.0 Å². The molecule has 122 valence electrons. The quantitative estimate of drug-likeness (QED) is 0.916. The van der Waals surface area contributed by atoms with E-state index in [4.69, 9.17) is 9.63 Å². The number of aromatic nitrogens is 2.